The molecule has 0 saturated heterocycles. The second kappa shape index (κ2) is 6.71. The second-order valence-corrected chi connectivity index (χ2v) is 5.54. The van der Waals surface area contributed by atoms with Crippen molar-refractivity contribution in [1.29, 1.82) is 0 Å². The first-order valence-corrected chi connectivity index (χ1v) is 7.59. The fraction of sp³-hybridized carbons (Fsp3) is 0.214. The van der Waals surface area contributed by atoms with E-state index in [1.165, 1.54) is 24.2 Å². The normalized spacial score (nSPS) is 11.0. The number of hydrogen-bond donors (Lipinski definition) is 0. The molecule has 1 aromatic carbocycles. The van der Waals surface area contributed by atoms with Crippen molar-refractivity contribution in [3.63, 3.8) is 0 Å². The smallest absolute Gasteiger partial charge is 0.305 e. The van der Waals surface area contributed by atoms with Crippen LogP contribution in [0.1, 0.15) is 0 Å². The summed E-state index contributed by atoms with van der Waals surface area (Å²) in [7, 11) is 1.64. The monoisotopic (exact) mass is 331 g/mol. The van der Waals surface area contributed by atoms with Gasteiger partial charge in [0.25, 0.3) is 0 Å². The van der Waals surface area contributed by atoms with Gasteiger partial charge < -0.3 is 9.30 Å². The SMILES string of the molecule is COCCn1c(Sc2ncc([N+](=O)[O-])cn2)nc2ccccc21. The van der Waals surface area contributed by atoms with E-state index in [9.17, 15) is 10.1 Å². The minimum absolute atomic E-state index is 0.137. The van der Waals surface area contributed by atoms with Crippen molar-refractivity contribution in [2.24, 2.45) is 0 Å². The zero-order valence-corrected chi connectivity index (χ0v) is 13.1. The molecule has 0 aliphatic carbocycles. The molecule has 0 fully saturated rings. The van der Waals surface area contributed by atoms with Crippen molar-refractivity contribution in [3.8, 4) is 0 Å². The number of para-hydroxylation sites is 2. The third kappa shape index (κ3) is 3.30. The third-order valence-corrected chi connectivity index (χ3v) is 4.03. The van der Waals surface area contributed by atoms with Gasteiger partial charge in [0, 0.05) is 13.7 Å². The summed E-state index contributed by atoms with van der Waals surface area (Å²) in [4.78, 5) is 22.7. The third-order valence-electron chi connectivity index (χ3n) is 3.15. The van der Waals surface area contributed by atoms with E-state index in [1.54, 1.807) is 7.11 Å². The molecule has 0 atom stereocenters. The van der Waals surface area contributed by atoms with Crippen molar-refractivity contribution in [2.75, 3.05) is 13.7 Å². The van der Waals surface area contributed by atoms with E-state index in [1.807, 2.05) is 28.8 Å². The highest BCUT2D eigenvalue weighted by Crippen LogP contribution is 2.28. The molecule has 8 nitrogen and oxygen atoms in total. The van der Waals surface area contributed by atoms with Crippen LogP contribution in [0.15, 0.2) is 47.0 Å². The van der Waals surface area contributed by atoms with Gasteiger partial charge in [-0.25, -0.2) is 15.0 Å². The minimum atomic E-state index is -0.526. The summed E-state index contributed by atoms with van der Waals surface area (Å²) in [6, 6.07) is 7.79. The zero-order chi connectivity index (χ0) is 16.2. The highest BCUT2D eigenvalue weighted by molar-refractivity contribution is 7.99. The van der Waals surface area contributed by atoms with Gasteiger partial charge in [0.2, 0.25) is 0 Å². The van der Waals surface area contributed by atoms with E-state index in [4.69, 9.17) is 4.74 Å². The fourth-order valence-electron chi connectivity index (χ4n) is 2.07. The van der Waals surface area contributed by atoms with Crippen LogP contribution in [0.5, 0.6) is 0 Å². The first-order chi connectivity index (χ1) is 11.2. The van der Waals surface area contributed by atoms with Crippen LogP contribution in [0.3, 0.4) is 0 Å². The Kier molecular flexibility index (Phi) is 4.49. The Morgan fingerprint density at radius 3 is 2.74 bits per heavy atom. The highest BCUT2D eigenvalue weighted by atomic mass is 32.2. The molecule has 0 unspecified atom stereocenters. The predicted molar refractivity (Wildman–Crippen MR) is 84.4 cm³/mol. The molecule has 0 N–H and O–H groups in total. The number of nitrogens with zero attached hydrogens (tertiary/aromatic N) is 5. The molecule has 3 rings (SSSR count). The lowest BCUT2D eigenvalue weighted by Gasteiger charge is -2.07. The van der Waals surface area contributed by atoms with Crippen LogP contribution >= 0.6 is 11.8 Å². The van der Waals surface area contributed by atoms with Crippen LogP contribution in [0.2, 0.25) is 0 Å². The maximum absolute atomic E-state index is 10.6. The number of ether oxygens (including phenoxy) is 1. The van der Waals surface area contributed by atoms with Gasteiger partial charge in [0.05, 0.1) is 22.6 Å². The maximum Gasteiger partial charge on any atom is 0.305 e. The van der Waals surface area contributed by atoms with Crippen LogP contribution < -0.4 is 0 Å². The van der Waals surface area contributed by atoms with Crippen molar-refractivity contribution in [2.45, 2.75) is 16.9 Å². The van der Waals surface area contributed by atoms with Gasteiger partial charge >= 0.3 is 5.69 Å². The topological polar surface area (TPSA) is 96.0 Å². The average Bonchev–Trinajstić information content (AvgIpc) is 2.90. The Bertz CT molecular complexity index is 834. The number of imidazole rings is 1. The molecular formula is C14H13N5O3S. The molecule has 3 aromatic rings. The lowest BCUT2D eigenvalue weighted by molar-refractivity contribution is -0.385. The first kappa shape index (κ1) is 15.4. The molecule has 0 amide bonds. The summed E-state index contributed by atoms with van der Waals surface area (Å²) >= 11 is 1.26. The Morgan fingerprint density at radius 1 is 1.30 bits per heavy atom. The molecular weight excluding hydrogens is 318 g/mol. The van der Waals surface area contributed by atoms with Crippen molar-refractivity contribution >= 4 is 28.5 Å². The summed E-state index contributed by atoms with van der Waals surface area (Å²) in [5, 5.41) is 11.8. The molecule has 0 radical (unpaired) electrons. The Hall–Kier alpha value is -2.52. The molecule has 0 aliphatic rings. The molecule has 118 valence electrons. The predicted octanol–water partition coefficient (Wildman–Crippen LogP) is 2.53. The van der Waals surface area contributed by atoms with Gasteiger partial charge in [-0.3, -0.25) is 10.1 Å². The molecule has 2 heterocycles. The van der Waals surface area contributed by atoms with E-state index in [2.05, 4.69) is 15.0 Å². The number of nitro groups is 1. The van der Waals surface area contributed by atoms with E-state index < -0.39 is 4.92 Å². The van der Waals surface area contributed by atoms with Gasteiger partial charge in [-0.1, -0.05) is 12.1 Å². The maximum atomic E-state index is 10.6. The molecule has 9 heteroatoms. The zero-order valence-electron chi connectivity index (χ0n) is 12.2. The standard InChI is InChI=1S/C14H13N5O3S/c1-22-7-6-18-12-5-3-2-4-11(12)17-14(18)23-13-15-8-10(9-16-13)19(20)21/h2-5,8-9H,6-7H2,1H3. The summed E-state index contributed by atoms with van der Waals surface area (Å²) < 4.78 is 7.17. The van der Waals surface area contributed by atoms with E-state index in [0.29, 0.717) is 18.3 Å². The highest BCUT2D eigenvalue weighted by Gasteiger charge is 2.14. The van der Waals surface area contributed by atoms with E-state index >= 15 is 0 Å². The summed E-state index contributed by atoms with van der Waals surface area (Å²) in [5.74, 6) is 0. The van der Waals surface area contributed by atoms with Crippen LogP contribution in [0.4, 0.5) is 5.69 Å². The number of methoxy groups -OCH3 is 1. The average molecular weight is 331 g/mol. The molecule has 0 bridgehead atoms. The van der Waals surface area contributed by atoms with Crippen LogP contribution in [-0.2, 0) is 11.3 Å². The minimum Gasteiger partial charge on any atom is -0.383 e. The van der Waals surface area contributed by atoms with Crippen LogP contribution in [0.25, 0.3) is 11.0 Å². The Morgan fingerprint density at radius 2 is 2.04 bits per heavy atom. The Labute approximate surface area is 135 Å². The number of aromatic nitrogens is 4. The second-order valence-electron chi connectivity index (χ2n) is 4.61. The number of rotatable bonds is 6. The van der Waals surface area contributed by atoms with E-state index in [0.717, 1.165) is 16.2 Å². The summed E-state index contributed by atoms with van der Waals surface area (Å²) in [6.45, 7) is 1.20. The molecule has 2 aromatic heterocycles. The number of fused-ring (bicyclic) bond motifs is 1. The van der Waals surface area contributed by atoms with Gasteiger partial charge in [-0.15, -0.1) is 0 Å². The van der Waals surface area contributed by atoms with Gasteiger partial charge in [-0.2, -0.15) is 0 Å². The summed E-state index contributed by atoms with van der Waals surface area (Å²) in [6.07, 6.45) is 2.38. The van der Waals surface area contributed by atoms with Gasteiger partial charge in [0.1, 0.15) is 12.4 Å². The van der Waals surface area contributed by atoms with Crippen molar-refractivity contribution < 1.29 is 9.66 Å². The number of hydrogen-bond acceptors (Lipinski definition) is 7. The first-order valence-electron chi connectivity index (χ1n) is 6.77. The lowest BCUT2D eigenvalue weighted by Crippen LogP contribution is -2.05. The summed E-state index contributed by atoms with van der Waals surface area (Å²) in [5.41, 5.74) is 1.73. The van der Waals surface area contributed by atoms with Crippen molar-refractivity contribution in [1.82, 2.24) is 19.5 Å². The van der Waals surface area contributed by atoms with Crippen LogP contribution in [0, 0.1) is 10.1 Å². The molecule has 0 aliphatic heterocycles. The molecule has 23 heavy (non-hydrogen) atoms. The van der Waals surface area contributed by atoms with Gasteiger partial charge in [-0.05, 0) is 23.9 Å². The molecule has 0 saturated carbocycles. The largest absolute Gasteiger partial charge is 0.383 e. The Balaban J connectivity index is 1.93. The lowest BCUT2D eigenvalue weighted by atomic mass is 10.3. The quantitative estimate of drug-likeness (QED) is 0.389. The number of benzene rings is 1. The van der Waals surface area contributed by atoms with Gasteiger partial charge in [0.15, 0.2) is 10.3 Å². The van der Waals surface area contributed by atoms with Crippen molar-refractivity contribution in [3.05, 3.63) is 46.8 Å². The molecule has 0 spiro atoms. The fourth-order valence-corrected chi connectivity index (χ4v) is 2.89. The van der Waals surface area contributed by atoms with Crippen LogP contribution in [-0.4, -0.2) is 38.2 Å². The van der Waals surface area contributed by atoms with E-state index in [-0.39, 0.29) is 5.69 Å².